The van der Waals surface area contributed by atoms with Crippen molar-refractivity contribution in [2.24, 2.45) is 0 Å². The molecule has 4 nitrogen and oxygen atoms in total. The molecule has 18 heavy (non-hydrogen) atoms. The van der Waals surface area contributed by atoms with Gasteiger partial charge in [0.15, 0.2) is 0 Å². The molecular weight excluding hydrogens is 256 g/mol. The Balaban J connectivity index is 2.79. The summed E-state index contributed by atoms with van der Waals surface area (Å²) in [5.74, 6) is -2.23. The van der Waals surface area contributed by atoms with Gasteiger partial charge in [0.05, 0.1) is 6.10 Å². The second-order valence-corrected chi connectivity index (χ2v) is 3.55. The normalized spacial score (nSPS) is 13.2. The summed E-state index contributed by atoms with van der Waals surface area (Å²) in [6.45, 7) is -0.225. The highest BCUT2D eigenvalue weighted by Gasteiger charge is 2.28. The number of hydrogen-bond donors (Lipinski definition) is 2. The number of nitrogens with zero attached hydrogens (tertiary/aromatic N) is 1. The monoisotopic (exact) mass is 266 g/mol. The number of nitrogens with one attached hydrogen (secondary N) is 1. The van der Waals surface area contributed by atoms with Crippen LogP contribution in [0.2, 0.25) is 0 Å². The van der Waals surface area contributed by atoms with E-state index in [1.54, 1.807) is 5.32 Å². The summed E-state index contributed by atoms with van der Waals surface area (Å²) in [6, 6.07) is 2.13. The molecule has 1 rings (SSSR count). The van der Waals surface area contributed by atoms with Gasteiger partial charge in [-0.25, -0.2) is 4.98 Å². The molecular formula is C10H10F4N2O2. The maximum absolute atomic E-state index is 13.3. The van der Waals surface area contributed by atoms with Crippen LogP contribution in [0.4, 0.5) is 17.6 Å². The van der Waals surface area contributed by atoms with Crippen LogP contribution in [0, 0.1) is 5.95 Å². The summed E-state index contributed by atoms with van der Waals surface area (Å²) >= 11 is 0. The van der Waals surface area contributed by atoms with E-state index in [-0.39, 0.29) is 5.56 Å². The predicted molar refractivity (Wildman–Crippen MR) is 53.2 cm³/mol. The standard InChI is InChI=1S/C10H10F4N2O2/c1-5(17)6-2-3-7(16-8(6)11)9(18)15-4-10(12,13)14/h2-3,5,17H,4H2,1H3,(H,15,18). The zero-order valence-corrected chi connectivity index (χ0v) is 9.25. The van der Waals surface area contributed by atoms with E-state index in [0.29, 0.717) is 0 Å². The van der Waals surface area contributed by atoms with Crippen molar-refractivity contribution in [3.05, 3.63) is 29.3 Å². The Labute approximate surface area is 99.6 Å². The highest BCUT2D eigenvalue weighted by molar-refractivity contribution is 5.92. The maximum Gasteiger partial charge on any atom is 0.405 e. The molecule has 0 fully saturated rings. The van der Waals surface area contributed by atoms with Crippen LogP contribution in [0.15, 0.2) is 12.1 Å². The molecule has 0 aromatic carbocycles. The van der Waals surface area contributed by atoms with Gasteiger partial charge in [-0.05, 0) is 19.1 Å². The largest absolute Gasteiger partial charge is 0.405 e. The lowest BCUT2D eigenvalue weighted by molar-refractivity contribution is -0.123. The molecule has 0 aliphatic rings. The average molecular weight is 266 g/mol. The molecule has 0 aliphatic heterocycles. The zero-order valence-electron chi connectivity index (χ0n) is 9.25. The van der Waals surface area contributed by atoms with Crippen molar-refractivity contribution in [3.63, 3.8) is 0 Å². The predicted octanol–water partition coefficient (Wildman–Crippen LogP) is 1.57. The molecule has 0 radical (unpaired) electrons. The van der Waals surface area contributed by atoms with Crippen LogP contribution in [0.25, 0.3) is 0 Å². The summed E-state index contributed by atoms with van der Waals surface area (Å²) in [7, 11) is 0. The van der Waals surface area contributed by atoms with Gasteiger partial charge in [0.25, 0.3) is 5.91 Å². The maximum atomic E-state index is 13.3. The van der Waals surface area contributed by atoms with E-state index in [9.17, 15) is 22.4 Å². The number of hydrogen-bond acceptors (Lipinski definition) is 3. The third-order valence-electron chi connectivity index (χ3n) is 2.01. The Morgan fingerprint density at radius 3 is 2.56 bits per heavy atom. The fraction of sp³-hybridized carbons (Fsp3) is 0.400. The van der Waals surface area contributed by atoms with Crippen molar-refractivity contribution in [2.45, 2.75) is 19.2 Å². The van der Waals surface area contributed by atoms with E-state index in [4.69, 9.17) is 5.11 Å². The molecule has 0 saturated heterocycles. The minimum atomic E-state index is -4.55. The SMILES string of the molecule is CC(O)c1ccc(C(=O)NCC(F)(F)F)nc1F. The third kappa shape index (κ3) is 3.95. The van der Waals surface area contributed by atoms with Crippen LogP contribution in [-0.4, -0.2) is 28.7 Å². The van der Waals surface area contributed by atoms with Gasteiger partial charge in [0.2, 0.25) is 5.95 Å². The molecule has 1 aromatic rings. The highest BCUT2D eigenvalue weighted by Crippen LogP contribution is 2.16. The number of amides is 1. The minimum absolute atomic E-state index is 0.137. The topological polar surface area (TPSA) is 62.2 Å². The quantitative estimate of drug-likeness (QED) is 0.644. The lowest BCUT2D eigenvalue weighted by atomic mass is 10.1. The van der Waals surface area contributed by atoms with Crippen molar-refractivity contribution in [2.75, 3.05) is 6.54 Å². The Hall–Kier alpha value is -1.70. The van der Waals surface area contributed by atoms with E-state index in [2.05, 4.69) is 4.98 Å². The first kappa shape index (κ1) is 14.4. The molecule has 1 aromatic heterocycles. The fourth-order valence-corrected chi connectivity index (χ4v) is 1.15. The van der Waals surface area contributed by atoms with E-state index in [1.807, 2.05) is 0 Å². The summed E-state index contributed by atoms with van der Waals surface area (Å²) in [6.07, 6.45) is -5.67. The van der Waals surface area contributed by atoms with E-state index in [1.165, 1.54) is 6.92 Å². The van der Waals surface area contributed by atoms with Crippen LogP contribution in [-0.2, 0) is 0 Å². The van der Waals surface area contributed by atoms with Gasteiger partial charge < -0.3 is 10.4 Å². The molecule has 1 atom stereocenters. The third-order valence-corrected chi connectivity index (χ3v) is 2.01. The smallest absolute Gasteiger partial charge is 0.389 e. The van der Waals surface area contributed by atoms with Gasteiger partial charge >= 0.3 is 6.18 Å². The second-order valence-electron chi connectivity index (χ2n) is 3.55. The number of alkyl halides is 3. The first-order valence-electron chi connectivity index (χ1n) is 4.90. The molecule has 100 valence electrons. The summed E-state index contributed by atoms with van der Waals surface area (Å²) in [4.78, 5) is 14.4. The number of aromatic nitrogens is 1. The van der Waals surface area contributed by atoms with Crippen LogP contribution in [0.5, 0.6) is 0 Å². The Morgan fingerprint density at radius 2 is 2.11 bits per heavy atom. The number of halogens is 4. The number of rotatable bonds is 3. The molecule has 8 heteroatoms. The van der Waals surface area contributed by atoms with Gasteiger partial charge in [-0.2, -0.15) is 17.6 Å². The Bertz CT molecular complexity index is 446. The molecule has 0 bridgehead atoms. The van der Waals surface area contributed by atoms with Crippen molar-refractivity contribution in [1.29, 1.82) is 0 Å². The summed E-state index contributed by atoms with van der Waals surface area (Å²) in [5.41, 5.74) is -0.622. The number of aliphatic hydroxyl groups excluding tert-OH is 1. The number of aliphatic hydroxyl groups is 1. The van der Waals surface area contributed by atoms with Gasteiger partial charge in [-0.1, -0.05) is 0 Å². The van der Waals surface area contributed by atoms with Crippen molar-refractivity contribution >= 4 is 5.91 Å². The lowest BCUT2D eigenvalue weighted by Gasteiger charge is -2.09. The van der Waals surface area contributed by atoms with Gasteiger partial charge in [0.1, 0.15) is 12.2 Å². The molecule has 0 aliphatic carbocycles. The van der Waals surface area contributed by atoms with Gasteiger partial charge in [-0.3, -0.25) is 4.79 Å². The molecule has 0 saturated carbocycles. The highest BCUT2D eigenvalue weighted by atomic mass is 19.4. The average Bonchev–Trinajstić information content (AvgIpc) is 2.24. The molecule has 0 spiro atoms. The van der Waals surface area contributed by atoms with Crippen LogP contribution >= 0.6 is 0 Å². The lowest BCUT2D eigenvalue weighted by Crippen LogP contribution is -2.34. The van der Waals surface area contributed by atoms with E-state index in [0.717, 1.165) is 12.1 Å². The molecule has 1 unspecified atom stereocenters. The minimum Gasteiger partial charge on any atom is -0.389 e. The van der Waals surface area contributed by atoms with Crippen molar-refractivity contribution < 1.29 is 27.5 Å². The van der Waals surface area contributed by atoms with Crippen LogP contribution in [0.3, 0.4) is 0 Å². The molecule has 1 heterocycles. The van der Waals surface area contributed by atoms with Crippen LogP contribution in [0.1, 0.15) is 29.1 Å². The van der Waals surface area contributed by atoms with E-state index < -0.39 is 36.4 Å². The number of carbonyl (C=O) groups excluding carboxylic acids is 1. The van der Waals surface area contributed by atoms with E-state index >= 15 is 0 Å². The van der Waals surface area contributed by atoms with Gasteiger partial charge in [-0.15, -0.1) is 0 Å². The summed E-state index contributed by atoms with van der Waals surface area (Å²) in [5, 5.41) is 10.7. The van der Waals surface area contributed by atoms with Gasteiger partial charge in [0, 0.05) is 5.56 Å². The Morgan fingerprint density at radius 1 is 1.50 bits per heavy atom. The number of carbonyl (C=O) groups is 1. The van der Waals surface area contributed by atoms with Crippen molar-refractivity contribution in [1.82, 2.24) is 10.3 Å². The Kier molecular flexibility index (Phi) is 4.23. The fourth-order valence-electron chi connectivity index (χ4n) is 1.15. The second kappa shape index (κ2) is 5.30. The zero-order chi connectivity index (χ0) is 13.9. The first-order valence-corrected chi connectivity index (χ1v) is 4.90. The summed E-state index contributed by atoms with van der Waals surface area (Å²) < 4.78 is 48.8. The van der Waals surface area contributed by atoms with Crippen molar-refractivity contribution in [3.8, 4) is 0 Å². The first-order chi connectivity index (χ1) is 8.20. The molecule has 2 N–H and O–H groups in total. The number of pyridine rings is 1. The van der Waals surface area contributed by atoms with Crippen LogP contribution < -0.4 is 5.32 Å². The molecule has 1 amide bonds.